The van der Waals surface area contributed by atoms with E-state index in [4.69, 9.17) is 16.1 Å². The van der Waals surface area contributed by atoms with E-state index in [0.717, 1.165) is 4.88 Å². The number of hydrogen-bond donors (Lipinski definition) is 1. The highest BCUT2D eigenvalue weighted by Gasteiger charge is 2.18. The molecule has 0 spiro atoms. The van der Waals surface area contributed by atoms with Gasteiger partial charge in [0.2, 0.25) is 5.91 Å². The molecule has 4 nitrogen and oxygen atoms in total. The van der Waals surface area contributed by atoms with Gasteiger partial charge in [0.15, 0.2) is 5.76 Å². The highest BCUT2D eigenvalue weighted by Crippen LogP contribution is 2.29. The molecule has 0 aliphatic carbocycles. The smallest absolute Gasteiger partial charge is 0.232 e. The molecule has 0 saturated carbocycles. The van der Waals surface area contributed by atoms with Crippen molar-refractivity contribution in [3.05, 3.63) is 33.3 Å². The number of nitrogens with one attached hydrogen (secondary N) is 1. The Morgan fingerprint density at radius 3 is 2.88 bits per heavy atom. The fourth-order valence-electron chi connectivity index (χ4n) is 1.35. The Morgan fingerprint density at radius 1 is 1.59 bits per heavy atom. The zero-order chi connectivity index (χ0) is 12.4. The minimum atomic E-state index is -0.248. The summed E-state index contributed by atoms with van der Waals surface area (Å²) in [6, 6.07) is 3.65. The van der Waals surface area contributed by atoms with E-state index in [1.165, 1.54) is 17.5 Å². The van der Waals surface area contributed by atoms with Gasteiger partial charge >= 0.3 is 0 Å². The molecule has 6 heteroatoms. The maximum atomic E-state index is 12.0. The fourth-order valence-corrected chi connectivity index (χ4v) is 2.46. The van der Waals surface area contributed by atoms with Gasteiger partial charge in [-0.05, 0) is 26.0 Å². The molecule has 2 aromatic rings. The lowest BCUT2D eigenvalue weighted by atomic mass is 10.1. The summed E-state index contributed by atoms with van der Waals surface area (Å²) in [5, 5.41) is 6.37. The zero-order valence-electron chi connectivity index (χ0n) is 9.36. The number of rotatable bonds is 3. The SMILES string of the molecule is Cc1oncc1NC(=O)C(C)c1ccc(Cl)s1. The van der Waals surface area contributed by atoms with Gasteiger partial charge in [-0.1, -0.05) is 16.8 Å². The monoisotopic (exact) mass is 270 g/mol. The summed E-state index contributed by atoms with van der Waals surface area (Å²) in [4.78, 5) is 12.9. The predicted molar refractivity (Wildman–Crippen MR) is 67.6 cm³/mol. The molecule has 0 aliphatic rings. The number of hydrogen-bond acceptors (Lipinski definition) is 4. The molecule has 0 radical (unpaired) electrons. The van der Waals surface area contributed by atoms with Crippen molar-refractivity contribution in [1.29, 1.82) is 0 Å². The highest BCUT2D eigenvalue weighted by molar-refractivity contribution is 7.16. The molecule has 1 atom stereocenters. The van der Waals surface area contributed by atoms with Crippen LogP contribution in [-0.2, 0) is 4.79 Å². The number of nitrogens with zero attached hydrogens (tertiary/aromatic N) is 1. The van der Waals surface area contributed by atoms with Crippen molar-refractivity contribution in [3.63, 3.8) is 0 Å². The zero-order valence-corrected chi connectivity index (χ0v) is 10.9. The van der Waals surface area contributed by atoms with Crippen LogP contribution in [0.1, 0.15) is 23.5 Å². The van der Waals surface area contributed by atoms with Crippen LogP contribution in [0.3, 0.4) is 0 Å². The van der Waals surface area contributed by atoms with Gasteiger partial charge in [0.05, 0.1) is 16.5 Å². The predicted octanol–water partition coefficient (Wildman–Crippen LogP) is 3.44. The first-order chi connectivity index (χ1) is 8.08. The highest BCUT2D eigenvalue weighted by atomic mass is 35.5. The number of amides is 1. The van der Waals surface area contributed by atoms with Crippen LogP contribution in [-0.4, -0.2) is 11.1 Å². The molecule has 2 aromatic heterocycles. The van der Waals surface area contributed by atoms with Crippen LogP contribution in [0.5, 0.6) is 0 Å². The summed E-state index contributed by atoms with van der Waals surface area (Å²) < 4.78 is 5.55. The van der Waals surface area contributed by atoms with Crippen molar-refractivity contribution in [3.8, 4) is 0 Å². The third kappa shape index (κ3) is 2.68. The van der Waals surface area contributed by atoms with E-state index in [2.05, 4.69) is 10.5 Å². The van der Waals surface area contributed by atoms with Gasteiger partial charge in [0.25, 0.3) is 0 Å². The summed E-state index contributed by atoms with van der Waals surface area (Å²) in [5.74, 6) is 0.242. The molecule has 2 rings (SSSR count). The Bertz CT molecular complexity index is 535. The van der Waals surface area contributed by atoms with Crippen molar-refractivity contribution < 1.29 is 9.32 Å². The molecular formula is C11H11ClN2O2S. The van der Waals surface area contributed by atoms with Gasteiger partial charge < -0.3 is 9.84 Å². The first-order valence-corrected chi connectivity index (χ1v) is 6.24. The molecule has 1 N–H and O–H groups in total. The second kappa shape index (κ2) is 4.89. The molecular weight excluding hydrogens is 260 g/mol. The number of thiophene rings is 1. The van der Waals surface area contributed by atoms with Crippen molar-refractivity contribution >= 4 is 34.5 Å². The minimum absolute atomic E-state index is 0.102. The summed E-state index contributed by atoms with van der Waals surface area (Å²) in [7, 11) is 0. The Hall–Kier alpha value is -1.33. The van der Waals surface area contributed by atoms with Crippen LogP contribution in [0.15, 0.2) is 22.9 Å². The third-order valence-electron chi connectivity index (χ3n) is 2.42. The van der Waals surface area contributed by atoms with Crippen LogP contribution in [0.2, 0.25) is 4.34 Å². The van der Waals surface area contributed by atoms with Crippen molar-refractivity contribution in [1.82, 2.24) is 5.16 Å². The molecule has 2 heterocycles. The number of carbonyl (C=O) groups is 1. The van der Waals surface area contributed by atoms with E-state index in [-0.39, 0.29) is 11.8 Å². The Labute approximate surface area is 108 Å². The second-order valence-electron chi connectivity index (χ2n) is 3.65. The van der Waals surface area contributed by atoms with E-state index in [0.29, 0.717) is 15.8 Å². The normalized spacial score (nSPS) is 12.4. The van der Waals surface area contributed by atoms with Crippen LogP contribution in [0, 0.1) is 6.92 Å². The molecule has 0 aromatic carbocycles. The molecule has 1 unspecified atom stereocenters. The summed E-state index contributed by atoms with van der Waals surface area (Å²) in [5.41, 5.74) is 0.601. The standard InChI is InChI=1S/C11H11ClN2O2S/c1-6(9-3-4-10(12)17-9)11(15)14-8-5-13-16-7(8)2/h3-6H,1-2H3,(H,14,15). The largest absolute Gasteiger partial charge is 0.359 e. The first kappa shape index (κ1) is 12.1. The fraction of sp³-hybridized carbons (Fsp3) is 0.273. The quantitative estimate of drug-likeness (QED) is 0.929. The van der Waals surface area contributed by atoms with Gasteiger partial charge in [0.1, 0.15) is 5.69 Å². The molecule has 0 aliphatic heterocycles. The molecule has 90 valence electrons. The number of halogens is 1. The van der Waals surface area contributed by atoms with Crippen LogP contribution >= 0.6 is 22.9 Å². The average molecular weight is 271 g/mol. The van der Waals surface area contributed by atoms with E-state index in [1.807, 2.05) is 13.0 Å². The second-order valence-corrected chi connectivity index (χ2v) is 5.40. The lowest BCUT2D eigenvalue weighted by Gasteiger charge is -2.08. The summed E-state index contributed by atoms with van der Waals surface area (Å²) in [6.45, 7) is 3.58. The van der Waals surface area contributed by atoms with Gasteiger partial charge in [-0.3, -0.25) is 4.79 Å². The van der Waals surface area contributed by atoms with Gasteiger partial charge in [-0.15, -0.1) is 11.3 Å². The molecule has 0 bridgehead atoms. The van der Waals surface area contributed by atoms with Crippen LogP contribution < -0.4 is 5.32 Å². The molecule has 1 amide bonds. The maximum Gasteiger partial charge on any atom is 0.232 e. The van der Waals surface area contributed by atoms with E-state index >= 15 is 0 Å². The minimum Gasteiger partial charge on any atom is -0.359 e. The van der Waals surface area contributed by atoms with Crippen LogP contribution in [0.4, 0.5) is 5.69 Å². The molecule has 0 fully saturated rings. The number of carbonyl (C=O) groups excluding carboxylic acids is 1. The van der Waals surface area contributed by atoms with Crippen LogP contribution in [0.25, 0.3) is 0 Å². The number of aromatic nitrogens is 1. The molecule has 17 heavy (non-hydrogen) atoms. The summed E-state index contributed by atoms with van der Waals surface area (Å²) in [6.07, 6.45) is 1.49. The number of aryl methyl sites for hydroxylation is 1. The van der Waals surface area contributed by atoms with Gasteiger partial charge in [-0.25, -0.2) is 0 Å². The van der Waals surface area contributed by atoms with Gasteiger partial charge in [-0.2, -0.15) is 0 Å². The lowest BCUT2D eigenvalue weighted by molar-refractivity contribution is -0.117. The van der Waals surface area contributed by atoms with E-state index < -0.39 is 0 Å². The van der Waals surface area contributed by atoms with Crippen molar-refractivity contribution in [2.24, 2.45) is 0 Å². The number of anilines is 1. The Morgan fingerprint density at radius 2 is 2.35 bits per heavy atom. The van der Waals surface area contributed by atoms with E-state index in [1.54, 1.807) is 13.0 Å². The third-order valence-corrected chi connectivity index (χ3v) is 3.84. The topological polar surface area (TPSA) is 55.1 Å². The lowest BCUT2D eigenvalue weighted by Crippen LogP contribution is -2.18. The molecule has 0 saturated heterocycles. The average Bonchev–Trinajstić information content (AvgIpc) is 2.88. The maximum absolute atomic E-state index is 12.0. The van der Waals surface area contributed by atoms with Crippen molar-refractivity contribution in [2.75, 3.05) is 5.32 Å². The Kier molecular flexibility index (Phi) is 3.49. The van der Waals surface area contributed by atoms with Crippen molar-refractivity contribution in [2.45, 2.75) is 19.8 Å². The first-order valence-electron chi connectivity index (χ1n) is 5.05. The van der Waals surface area contributed by atoms with E-state index in [9.17, 15) is 4.79 Å². The van der Waals surface area contributed by atoms with Gasteiger partial charge in [0, 0.05) is 4.88 Å². The summed E-state index contributed by atoms with van der Waals surface area (Å²) >= 11 is 7.25. The Balaban J connectivity index is 2.08.